The fraction of sp³-hybridized carbons (Fsp3) is 0.217. The molecule has 0 N–H and O–H groups in total. The lowest BCUT2D eigenvalue weighted by Crippen LogP contribution is -2.12. The predicted octanol–water partition coefficient (Wildman–Crippen LogP) is 7.26. The zero-order valence-corrected chi connectivity index (χ0v) is 15.7. The summed E-state index contributed by atoms with van der Waals surface area (Å²) in [6, 6.07) is 7.31. The van der Waals surface area contributed by atoms with Crippen LogP contribution < -0.4 is 0 Å². The van der Waals surface area contributed by atoms with Crippen LogP contribution in [-0.2, 0) is 25.4 Å². The van der Waals surface area contributed by atoms with Crippen LogP contribution in [0.3, 0.4) is 0 Å². The van der Waals surface area contributed by atoms with Crippen molar-refractivity contribution in [1.29, 1.82) is 0 Å². The molecule has 3 aromatic carbocycles. The first-order valence-electron chi connectivity index (χ1n) is 9.31. The molecular weight excluding hydrogens is 409 g/mol. The Labute approximate surface area is 168 Å². The van der Waals surface area contributed by atoms with Gasteiger partial charge in [-0.15, -0.1) is 0 Å². The van der Waals surface area contributed by atoms with Gasteiger partial charge in [0.15, 0.2) is 0 Å². The molecule has 3 aromatic rings. The fourth-order valence-electron chi connectivity index (χ4n) is 3.99. The summed E-state index contributed by atoms with van der Waals surface area (Å²) in [5, 5.41) is 0. The van der Waals surface area contributed by atoms with Gasteiger partial charge in [0.2, 0.25) is 0 Å². The predicted molar refractivity (Wildman–Crippen MR) is 98.9 cm³/mol. The minimum absolute atomic E-state index is 0.170. The summed E-state index contributed by atoms with van der Waals surface area (Å²) in [7, 11) is 0. The maximum Gasteiger partial charge on any atom is 0.422 e. The second-order valence-electron chi connectivity index (χ2n) is 7.23. The van der Waals surface area contributed by atoms with Crippen LogP contribution in [0.1, 0.15) is 29.2 Å². The summed E-state index contributed by atoms with van der Waals surface area (Å²) in [5.41, 5.74) is -0.245. The highest BCUT2D eigenvalue weighted by atomic mass is 19.4. The Hall–Kier alpha value is -2.83. The Bertz CT molecular complexity index is 1140. The minimum atomic E-state index is -5.26. The molecule has 30 heavy (non-hydrogen) atoms. The average molecular weight is 424 g/mol. The quantitative estimate of drug-likeness (QED) is 0.380. The normalized spacial score (nSPS) is 13.2. The van der Waals surface area contributed by atoms with Crippen LogP contribution in [0.15, 0.2) is 36.4 Å². The molecular formula is C23H15F7. The highest BCUT2D eigenvalue weighted by molar-refractivity contribution is 5.78. The molecule has 0 spiro atoms. The van der Waals surface area contributed by atoms with E-state index >= 15 is 4.39 Å². The highest BCUT2D eigenvalue weighted by Crippen LogP contribution is 2.42. The van der Waals surface area contributed by atoms with Crippen molar-refractivity contribution in [2.45, 2.75) is 32.4 Å². The zero-order valence-electron chi connectivity index (χ0n) is 15.7. The summed E-state index contributed by atoms with van der Waals surface area (Å²) in [4.78, 5) is 0. The van der Waals surface area contributed by atoms with Gasteiger partial charge in [0, 0.05) is 0 Å². The molecule has 0 bridgehead atoms. The van der Waals surface area contributed by atoms with Gasteiger partial charge in [0.1, 0.15) is 28.8 Å². The number of rotatable bonds is 2. The maximum atomic E-state index is 15.2. The van der Waals surface area contributed by atoms with Gasteiger partial charge in [0.25, 0.3) is 0 Å². The summed E-state index contributed by atoms with van der Waals surface area (Å²) < 4.78 is 96.4. The van der Waals surface area contributed by atoms with Crippen molar-refractivity contribution < 1.29 is 30.7 Å². The van der Waals surface area contributed by atoms with Gasteiger partial charge < -0.3 is 0 Å². The number of hydrogen-bond acceptors (Lipinski definition) is 0. The molecule has 0 radical (unpaired) electrons. The van der Waals surface area contributed by atoms with Gasteiger partial charge in [0.05, 0.1) is 5.56 Å². The first kappa shape index (κ1) is 20.4. The molecule has 0 nitrogen and oxygen atoms in total. The summed E-state index contributed by atoms with van der Waals surface area (Å²) >= 11 is 0. The Morgan fingerprint density at radius 1 is 0.800 bits per heavy atom. The monoisotopic (exact) mass is 424 g/mol. The molecule has 0 fully saturated rings. The Kier molecular flexibility index (Phi) is 4.87. The van der Waals surface area contributed by atoms with E-state index in [1.54, 1.807) is 6.07 Å². The molecule has 0 amide bonds. The second-order valence-corrected chi connectivity index (χ2v) is 7.23. The van der Waals surface area contributed by atoms with Crippen molar-refractivity contribution in [2.75, 3.05) is 0 Å². The largest absolute Gasteiger partial charge is 0.422 e. The van der Waals surface area contributed by atoms with Gasteiger partial charge >= 0.3 is 6.18 Å². The van der Waals surface area contributed by atoms with E-state index in [1.165, 1.54) is 0 Å². The molecule has 0 aromatic heterocycles. The summed E-state index contributed by atoms with van der Waals surface area (Å²) in [5.74, 6) is -5.97. The van der Waals surface area contributed by atoms with Crippen molar-refractivity contribution in [2.24, 2.45) is 0 Å². The van der Waals surface area contributed by atoms with Crippen LogP contribution in [0, 0.1) is 23.3 Å². The Balaban J connectivity index is 1.89. The Morgan fingerprint density at radius 3 is 2.07 bits per heavy atom. The van der Waals surface area contributed by atoms with E-state index in [2.05, 4.69) is 0 Å². The highest BCUT2D eigenvalue weighted by Gasteiger charge is 2.38. The van der Waals surface area contributed by atoms with E-state index in [1.807, 2.05) is 19.1 Å². The number of alkyl halides is 3. The molecule has 0 saturated heterocycles. The van der Waals surface area contributed by atoms with Gasteiger partial charge in [-0.3, -0.25) is 0 Å². The van der Waals surface area contributed by atoms with E-state index in [0.29, 0.717) is 29.7 Å². The molecule has 1 aliphatic carbocycles. The van der Waals surface area contributed by atoms with Crippen molar-refractivity contribution in [3.63, 3.8) is 0 Å². The molecule has 1 aliphatic rings. The lowest BCUT2D eigenvalue weighted by Gasteiger charge is -2.23. The fourth-order valence-corrected chi connectivity index (χ4v) is 3.99. The van der Waals surface area contributed by atoms with E-state index in [0.717, 1.165) is 23.6 Å². The Morgan fingerprint density at radius 2 is 1.47 bits per heavy atom. The third-order valence-electron chi connectivity index (χ3n) is 5.45. The lowest BCUT2D eigenvalue weighted by atomic mass is 9.82. The van der Waals surface area contributed by atoms with Crippen LogP contribution in [-0.4, -0.2) is 0 Å². The van der Waals surface area contributed by atoms with Gasteiger partial charge in [-0.25, -0.2) is 17.6 Å². The van der Waals surface area contributed by atoms with Crippen LogP contribution >= 0.6 is 0 Å². The molecule has 156 valence electrons. The molecule has 0 unspecified atom stereocenters. The molecule has 0 aliphatic heterocycles. The van der Waals surface area contributed by atoms with E-state index < -0.39 is 46.1 Å². The third kappa shape index (κ3) is 3.26. The van der Waals surface area contributed by atoms with Crippen LogP contribution in [0.5, 0.6) is 0 Å². The van der Waals surface area contributed by atoms with Crippen molar-refractivity contribution in [1.82, 2.24) is 0 Å². The van der Waals surface area contributed by atoms with Crippen molar-refractivity contribution >= 4 is 0 Å². The van der Waals surface area contributed by atoms with Gasteiger partial charge in [-0.1, -0.05) is 25.1 Å². The summed E-state index contributed by atoms with van der Waals surface area (Å²) in [6.07, 6.45) is -3.72. The van der Waals surface area contributed by atoms with Crippen LogP contribution in [0.4, 0.5) is 30.7 Å². The molecule has 0 atom stereocenters. The first-order valence-corrected chi connectivity index (χ1v) is 9.31. The standard InChI is InChI=1S/C23H15F7/c1-2-11-3-5-14-12(7-11)4-6-15-16(14)10-17(24)20(22(15)27)13-8-18(25)21(19(26)9-13)23(28,29)30/h3,5,7-10H,2,4,6H2,1H3. The SMILES string of the molecule is CCc1ccc2c(c1)CCc1c-2cc(F)c(-c2cc(F)c(C(F)(F)F)c(F)c2)c1F. The summed E-state index contributed by atoms with van der Waals surface area (Å²) in [6.45, 7) is 1.99. The number of benzene rings is 3. The number of aryl methyl sites for hydroxylation is 2. The van der Waals surface area contributed by atoms with E-state index in [9.17, 15) is 26.3 Å². The number of fused-ring (bicyclic) bond motifs is 3. The molecule has 7 heteroatoms. The molecule has 0 saturated carbocycles. The number of hydrogen-bond donors (Lipinski definition) is 0. The van der Waals surface area contributed by atoms with Gasteiger partial charge in [-0.05, 0) is 70.8 Å². The lowest BCUT2D eigenvalue weighted by molar-refractivity contribution is -0.142. The second kappa shape index (κ2) is 7.15. The van der Waals surface area contributed by atoms with E-state index in [-0.39, 0.29) is 12.0 Å². The maximum absolute atomic E-state index is 15.2. The zero-order chi connectivity index (χ0) is 21.8. The smallest absolute Gasteiger partial charge is 0.206 e. The third-order valence-corrected chi connectivity index (χ3v) is 5.45. The first-order chi connectivity index (χ1) is 14.1. The van der Waals surface area contributed by atoms with Crippen molar-refractivity contribution in [3.8, 4) is 22.3 Å². The molecule has 0 heterocycles. The number of halogens is 7. The van der Waals surface area contributed by atoms with E-state index in [4.69, 9.17) is 0 Å². The average Bonchev–Trinajstić information content (AvgIpc) is 2.65. The van der Waals surface area contributed by atoms with Crippen LogP contribution in [0.25, 0.3) is 22.3 Å². The minimum Gasteiger partial charge on any atom is -0.206 e. The van der Waals surface area contributed by atoms with Crippen LogP contribution in [0.2, 0.25) is 0 Å². The topological polar surface area (TPSA) is 0 Å². The molecule has 4 rings (SSSR count). The van der Waals surface area contributed by atoms with Crippen molar-refractivity contribution in [3.05, 3.63) is 81.9 Å². The van der Waals surface area contributed by atoms with Gasteiger partial charge in [-0.2, -0.15) is 13.2 Å².